The zero-order chi connectivity index (χ0) is 10.3. The number of carbonyl (C=O) groups is 1. The number of rotatable bonds is 5. The quantitative estimate of drug-likeness (QED) is 0.166. The summed E-state index contributed by atoms with van der Waals surface area (Å²) < 4.78 is 4.44. The summed E-state index contributed by atoms with van der Waals surface area (Å²) in [5, 5.41) is 9.46. The maximum absolute atomic E-state index is 10.8. The van der Waals surface area contributed by atoms with Crippen molar-refractivity contribution < 1.29 is 30.0 Å². The number of nitrogens with two attached hydrogens (primary N) is 2. The van der Waals surface area contributed by atoms with Gasteiger partial charge in [-0.3, -0.25) is 10.2 Å². The Morgan fingerprint density at radius 1 is 1.64 bits per heavy atom. The van der Waals surface area contributed by atoms with E-state index in [0.717, 1.165) is 0 Å². The number of carbonyl (C=O) groups excluding carboxylic acids is 1. The SMILES string of the molecule is COC(=O)[C@@H](N)CCCNC(=N)N.[Pd]. The molecule has 0 unspecified atom stereocenters. The molecule has 0 aliphatic carbocycles. The summed E-state index contributed by atoms with van der Waals surface area (Å²) in [7, 11) is 1.30. The van der Waals surface area contributed by atoms with Gasteiger partial charge in [0.05, 0.1) is 7.11 Å². The van der Waals surface area contributed by atoms with Crippen molar-refractivity contribution in [1.82, 2.24) is 5.32 Å². The molecule has 0 radical (unpaired) electrons. The third kappa shape index (κ3) is 7.98. The summed E-state index contributed by atoms with van der Waals surface area (Å²) in [4.78, 5) is 10.8. The molecule has 6 N–H and O–H groups in total. The second-order valence-electron chi connectivity index (χ2n) is 2.61. The standard InChI is InChI=1S/C7H16N4O2.Pd/c1-13-6(12)5(8)3-2-4-11-7(9)10;/h5H,2-4,8H2,1H3,(H4,9,10,11);/t5-;/m0./s1. The summed E-state index contributed by atoms with van der Waals surface area (Å²) in [6, 6.07) is -0.584. The molecule has 0 fully saturated rings. The number of hydrogen-bond donors (Lipinski definition) is 4. The maximum Gasteiger partial charge on any atom is 0.322 e. The Morgan fingerprint density at radius 3 is 2.64 bits per heavy atom. The van der Waals surface area contributed by atoms with Gasteiger partial charge in [-0.2, -0.15) is 0 Å². The summed E-state index contributed by atoms with van der Waals surface area (Å²) in [6.45, 7) is 0.542. The van der Waals surface area contributed by atoms with Crippen LogP contribution in [0.2, 0.25) is 0 Å². The van der Waals surface area contributed by atoms with Crippen molar-refractivity contribution in [3.05, 3.63) is 0 Å². The molecule has 6 nitrogen and oxygen atoms in total. The number of guanidine groups is 1. The second kappa shape index (κ2) is 8.94. The van der Waals surface area contributed by atoms with Gasteiger partial charge >= 0.3 is 5.97 Å². The molecule has 0 aliphatic heterocycles. The van der Waals surface area contributed by atoms with Gasteiger partial charge in [-0.25, -0.2) is 0 Å². The summed E-state index contributed by atoms with van der Waals surface area (Å²) in [5.41, 5.74) is 10.5. The van der Waals surface area contributed by atoms with Crippen molar-refractivity contribution in [2.75, 3.05) is 13.7 Å². The van der Waals surface area contributed by atoms with E-state index in [4.69, 9.17) is 16.9 Å². The molecule has 0 aromatic heterocycles. The zero-order valence-electron chi connectivity index (χ0n) is 7.99. The molecule has 0 saturated carbocycles. The van der Waals surface area contributed by atoms with Crippen LogP contribution in [0.5, 0.6) is 0 Å². The van der Waals surface area contributed by atoms with E-state index >= 15 is 0 Å². The first kappa shape index (κ1) is 15.8. The molecule has 14 heavy (non-hydrogen) atoms. The first-order chi connectivity index (χ1) is 6.07. The average molecular weight is 295 g/mol. The van der Waals surface area contributed by atoms with Crippen LogP contribution in [-0.4, -0.2) is 31.6 Å². The number of ether oxygens (including phenoxy) is 1. The molecule has 1 atom stereocenters. The first-order valence-electron chi connectivity index (χ1n) is 3.99. The number of hydrogen-bond acceptors (Lipinski definition) is 4. The fraction of sp³-hybridized carbons (Fsp3) is 0.714. The van der Waals surface area contributed by atoms with Gasteiger partial charge in [0.25, 0.3) is 0 Å². The molecular formula is C7H16N4O2Pd. The molecule has 0 aliphatic rings. The molecule has 0 aromatic rings. The number of nitrogens with one attached hydrogen (secondary N) is 2. The van der Waals surface area contributed by atoms with Crippen LogP contribution in [-0.2, 0) is 30.0 Å². The Balaban J connectivity index is 0. The van der Waals surface area contributed by atoms with Crippen LogP contribution in [0.15, 0.2) is 0 Å². The Morgan fingerprint density at radius 2 is 2.21 bits per heavy atom. The fourth-order valence-corrected chi connectivity index (χ4v) is 0.814. The predicted molar refractivity (Wildman–Crippen MR) is 49.1 cm³/mol. The Kier molecular flexibility index (Phi) is 10.1. The van der Waals surface area contributed by atoms with Crippen molar-refractivity contribution in [1.29, 1.82) is 5.41 Å². The topological polar surface area (TPSA) is 114 Å². The van der Waals surface area contributed by atoms with Gasteiger partial charge in [0.1, 0.15) is 6.04 Å². The normalized spacial score (nSPS) is 11.0. The molecule has 7 heteroatoms. The van der Waals surface area contributed by atoms with E-state index in [-0.39, 0.29) is 26.4 Å². The summed E-state index contributed by atoms with van der Waals surface area (Å²) >= 11 is 0. The summed E-state index contributed by atoms with van der Waals surface area (Å²) in [6.07, 6.45) is 1.20. The third-order valence-corrected chi connectivity index (χ3v) is 1.51. The Hall–Kier alpha value is -0.638. The first-order valence-corrected chi connectivity index (χ1v) is 3.99. The van der Waals surface area contributed by atoms with Gasteiger partial charge in [-0.05, 0) is 12.8 Å². The number of esters is 1. The van der Waals surface area contributed by atoms with Crippen LogP contribution in [0.4, 0.5) is 0 Å². The van der Waals surface area contributed by atoms with E-state index in [9.17, 15) is 4.79 Å². The van der Waals surface area contributed by atoms with E-state index < -0.39 is 12.0 Å². The minimum Gasteiger partial charge on any atom is -0.468 e. The monoisotopic (exact) mass is 294 g/mol. The molecule has 86 valence electrons. The van der Waals surface area contributed by atoms with Gasteiger partial charge in [0, 0.05) is 27.0 Å². The van der Waals surface area contributed by atoms with Crippen LogP contribution < -0.4 is 16.8 Å². The Bertz CT molecular complexity index is 189. The average Bonchev–Trinajstić information content (AvgIpc) is 2.10. The maximum atomic E-state index is 10.8. The second-order valence-corrected chi connectivity index (χ2v) is 2.61. The van der Waals surface area contributed by atoms with Crippen molar-refractivity contribution in [3.63, 3.8) is 0 Å². The Labute approximate surface area is 96.9 Å². The van der Waals surface area contributed by atoms with Crippen LogP contribution in [0.25, 0.3) is 0 Å². The van der Waals surface area contributed by atoms with E-state index in [2.05, 4.69) is 10.1 Å². The van der Waals surface area contributed by atoms with Crippen molar-refractivity contribution in [2.45, 2.75) is 18.9 Å². The van der Waals surface area contributed by atoms with E-state index in [1.54, 1.807) is 0 Å². The molecule has 0 spiro atoms. The fourth-order valence-electron chi connectivity index (χ4n) is 0.814. The minimum absolute atomic E-state index is 0. The van der Waals surface area contributed by atoms with Crippen molar-refractivity contribution >= 4 is 11.9 Å². The molecular weight excluding hydrogens is 279 g/mol. The molecule has 0 heterocycles. The van der Waals surface area contributed by atoms with Gasteiger partial charge in [-0.1, -0.05) is 0 Å². The molecule has 0 saturated heterocycles. The van der Waals surface area contributed by atoms with E-state index in [0.29, 0.717) is 19.4 Å². The predicted octanol–water partition coefficient (Wildman–Crippen LogP) is -1.25. The zero-order valence-corrected chi connectivity index (χ0v) is 9.54. The van der Waals surface area contributed by atoms with Gasteiger partial charge in [0.2, 0.25) is 0 Å². The van der Waals surface area contributed by atoms with E-state index in [1.807, 2.05) is 0 Å². The largest absolute Gasteiger partial charge is 0.468 e. The van der Waals surface area contributed by atoms with Crippen molar-refractivity contribution in [2.24, 2.45) is 11.5 Å². The third-order valence-electron chi connectivity index (χ3n) is 1.51. The number of methoxy groups -OCH3 is 1. The molecule has 0 rings (SSSR count). The summed E-state index contributed by atoms with van der Waals surface area (Å²) in [5.74, 6) is -0.491. The van der Waals surface area contributed by atoms with Crippen LogP contribution in [0.3, 0.4) is 0 Å². The van der Waals surface area contributed by atoms with Gasteiger partial charge < -0.3 is 21.5 Å². The van der Waals surface area contributed by atoms with Crippen LogP contribution >= 0.6 is 0 Å². The molecule has 0 aromatic carbocycles. The van der Waals surface area contributed by atoms with Gasteiger partial charge in [0.15, 0.2) is 5.96 Å². The smallest absolute Gasteiger partial charge is 0.322 e. The minimum atomic E-state index is -0.584. The van der Waals surface area contributed by atoms with Crippen LogP contribution in [0, 0.1) is 5.41 Å². The molecule has 0 amide bonds. The van der Waals surface area contributed by atoms with Crippen LogP contribution in [0.1, 0.15) is 12.8 Å². The van der Waals surface area contributed by atoms with Gasteiger partial charge in [-0.15, -0.1) is 0 Å². The van der Waals surface area contributed by atoms with Crippen molar-refractivity contribution in [3.8, 4) is 0 Å². The molecule has 0 bridgehead atoms. The van der Waals surface area contributed by atoms with E-state index in [1.165, 1.54) is 7.11 Å².